The Morgan fingerprint density at radius 2 is 1.80 bits per heavy atom. The van der Waals surface area contributed by atoms with Gasteiger partial charge < -0.3 is 19.1 Å². The first kappa shape index (κ1) is 30.7. The number of hydrogen-bond acceptors (Lipinski definition) is 6. The van der Waals surface area contributed by atoms with Crippen molar-refractivity contribution in [3.8, 4) is 23.2 Å². The SMILES string of the molecule is N#Cc1ccc(COc2cccc(-c3cc(F)c(Cc4nc5ccc(C(=O)O)cc5n4[C@H]4COCC4C(F)F)cc3F)n2)c(F)c1. The number of pyridine rings is 1. The van der Waals surface area contributed by atoms with Gasteiger partial charge in [0, 0.05) is 23.6 Å². The summed E-state index contributed by atoms with van der Waals surface area (Å²) in [6.07, 6.45) is -3.04. The van der Waals surface area contributed by atoms with Crippen LogP contribution in [-0.4, -0.2) is 45.3 Å². The van der Waals surface area contributed by atoms with E-state index in [0.717, 1.165) is 18.2 Å². The summed E-state index contributed by atoms with van der Waals surface area (Å²) < 4.78 is 85.5. The lowest BCUT2D eigenvalue weighted by molar-refractivity contribution is 0.0555. The molecule has 8 nitrogen and oxygen atoms in total. The lowest BCUT2D eigenvalue weighted by Crippen LogP contribution is -2.25. The summed E-state index contributed by atoms with van der Waals surface area (Å²) in [6, 6.07) is 15.2. The summed E-state index contributed by atoms with van der Waals surface area (Å²) in [4.78, 5) is 20.3. The van der Waals surface area contributed by atoms with E-state index in [9.17, 15) is 23.1 Å². The molecule has 2 aromatic heterocycles. The molecule has 5 aromatic rings. The van der Waals surface area contributed by atoms with Gasteiger partial charge in [0.1, 0.15) is 29.9 Å². The Labute approximate surface area is 258 Å². The van der Waals surface area contributed by atoms with Gasteiger partial charge >= 0.3 is 5.97 Å². The van der Waals surface area contributed by atoms with E-state index in [4.69, 9.17) is 14.7 Å². The predicted octanol–water partition coefficient (Wildman–Crippen LogP) is 6.71. The predicted molar refractivity (Wildman–Crippen MR) is 154 cm³/mol. The number of imidazole rings is 1. The van der Waals surface area contributed by atoms with Gasteiger partial charge in [-0.05, 0) is 54.1 Å². The summed E-state index contributed by atoms with van der Waals surface area (Å²) >= 11 is 0. The van der Waals surface area contributed by atoms with E-state index >= 15 is 8.78 Å². The van der Waals surface area contributed by atoms with Crippen molar-refractivity contribution in [2.24, 2.45) is 5.92 Å². The third-order valence-corrected chi connectivity index (χ3v) is 7.80. The monoisotopic (exact) mass is 634 g/mol. The van der Waals surface area contributed by atoms with E-state index in [1.54, 1.807) is 0 Å². The molecule has 0 saturated carbocycles. The molecule has 6 rings (SSSR count). The number of hydrogen-bond donors (Lipinski definition) is 1. The molecule has 1 unspecified atom stereocenters. The molecule has 1 aliphatic heterocycles. The minimum absolute atomic E-state index is 0.0203. The van der Waals surface area contributed by atoms with Crippen molar-refractivity contribution < 1.29 is 41.3 Å². The van der Waals surface area contributed by atoms with Crippen LogP contribution < -0.4 is 4.74 Å². The van der Waals surface area contributed by atoms with Crippen molar-refractivity contribution in [2.75, 3.05) is 13.2 Å². The van der Waals surface area contributed by atoms with E-state index in [0.29, 0.717) is 5.52 Å². The van der Waals surface area contributed by atoms with E-state index in [1.807, 2.05) is 6.07 Å². The lowest BCUT2D eigenvalue weighted by Gasteiger charge is -2.22. The van der Waals surface area contributed by atoms with Crippen molar-refractivity contribution in [3.05, 3.63) is 112 Å². The summed E-state index contributed by atoms with van der Waals surface area (Å²) in [5.41, 5.74) is 0.533. The largest absolute Gasteiger partial charge is 0.478 e. The second-order valence-electron chi connectivity index (χ2n) is 10.7. The van der Waals surface area contributed by atoms with Crippen LogP contribution in [0.25, 0.3) is 22.3 Å². The number of aromatic carboxylic acids is 1. The molecule has 3 aromatic carbocycles. The van der Waals surface area contributed by atoms with Crippen LogP contribution >= 0.6 is 0 Å². The Morgan fingerprint density at radius 1 is 1.00 bits per heavy atom. The number of nitrogens with zero attached hydrogens (tertiary/aromatic N) is 4. The number of ether oxygens (including phenoxy) is 2. The molecule has 1 aliphatic rings. The zero-order valence-corrected chi connectivity index (χ0v) is 23.8. The maximum Gasteiger partial charge on any atom is 0.335 e. The summed E-state index contributed by atoms with van der Waals surface area (Å²) in [7, 11) is 0. The topological polar surface area (TPSA) is 110 Å². The molecule has 1 saturated heterocycles. The highest BCUT2D eigenvalue weighted by Crippen LogP contribution is 2.36. The van der Waals surface area contributed by atoms with Gasteiger partial charge in [-0.25, -0.2) is 36.7 Å². The van der Waals surface area contributed by atoms with E-state index < -0.39 is 41.8 Å². The molecule has 0 bridgehead atoms. The summed E-state index contributed by atoms with van der Waals surface area (Å²) in [5.74, 6) is -4.58. The third-order valence-electron chi connectivity index (χ3n) is 7.80. The van der Waals surface area contributed by atoms with Gasteiger partial charge in [0.2, 0.25) is 12.3 Å². The molecule has 2 atom stereocenters. The van der Waals surface area contributed by atoms with Crippen LogP contribution in [0.5, 0.6) is 5.88 Å². The molecular formula is C33H23F5N4O4. The molecule has 0 radical (unpaired) electrons. The molecule has 234 valence electrons. The molecule has 0 aliphatic carbocycles. The van der Waals surface area contributed by atoms with Gasteiger partial charge in [-0.2, -0.15) is 5.26 Å². The quantitative estimate of drug-likeness (QED) is 0.180. The highest BCUT2D eigenvalue weighted by molar-refractivity contribution is 5.92. The Kier molecular flexibility index (Phi) is 8.38. The van der Waals surface area contributed by atoms with Crippen molar-refractivity contribution in [1.29, 1.82) is 5.26 Å². The molecule has 0 spiro atoms. The maximum atomic E-state index is 15.6. The van der Waals surface area contributed by atoms with Gasteiger partial charge in [0.25, 0.3) is 0 Å². The number of aromatic nitrogens is 3. The molecule has 13 heteroatoms. The number of carbonyl (C=O) groups is 1. The number of halogens is 5. The smallest absolute Gasteiger partial charge is 0.335 e. The van der Waals surface area contributed by atoms with E-state index in [1.165, 1.54) is 53.1 Å². The van der Waals surface area contributed by atoms with Gasteiger partial charge in [-0.15, -0.1) is 0 Å². The first-order valence-electron chi connectivity index (χ1n) is 14.0. The number of alkyl halides is 2. The minimum Gasteiger partial charge on any atom is -0.478 e. The Morgan fingerprint density at radius 3 is 2.54 bits per heavy atom. The minimum atomic E-state index is -2.75. The normalized spacial score (nSPS) is 16.2. The van der Waals surface area contributed by atoms with Crippen LogP contribution in [-0.2, 0) is 17.8 Å². The van der Waals surface area contributed by atoms with Crippen molar-refractivity contribution in [2.45, 2.75) is 25.5 Å². The zero-order chi connectivity index (χ0) is 32.5. The van der Waals surface area contributed by atoms with Crippen LogP contribution in [0.4, 0.5) is 22.0 Å². The fourth-order valence-electron chi connectivity index (χ4n) is 5.46. The number of fused-ring (bicyclic) bond motifs is 1. The molecule has 46 heavy (non-hydrogen) atoms. The van der Waals surface area contributed by atoms with Gasteiger partial charge in [0.05, 0.1) is 59.1 Å². The van der Waals surface area contributed by atoms with Crippen LogP contribution in [0.3, 0.4) is 0 Å². The van der Waals surface area contributed by atoms with Crippen LogP contribution in [0.15, 0.2) is 66.7 Å². The highest BCUT2D eigenvalue weighted by atomic mass is 19.3. The first-order chi connectivity index (χ1) is 22.1. The zero-order valence-electron chi connectivity index (χ0n) is 23.8. The van der Waals surface area contributed by atoms with Gasteiger partial charge in [-0.3, -0.25) is 0 Å². The summed E-state index contributed by atoms with van der Waals surface area (Å²) in [6.45, 7) is -0.546. The second kappa shape index (κ2) is 12.6. The van der Waals surface area contributed by atoms with Crippen LogP contribution in [0.1, 0.15) is 38.9 Å². The van der Waals surface area contributed by atoms with Crippen LogP contribution in [0, 0.1) is 34.7 Å². The second-order valence-corrected chi connectivity index (χ2v) is 10.7. The number of rotatable bonds is 9. The first-order valence-corrected chi connectivity index (χ1v) is 14.0. The fourth-order valence-corrected chi connectivity index (χ4v) is 5.46. The van der Waals surface area contributed by atoms with Gasteiger partial charge in [-0.1, -0.05) is 12.1 Å². The van der Waals surface area contributed by atoms with Crippen molar-refractivity contribution >= 4 is 17.0 Å². The van der Waals surface area contributed by atoms with Gasteiger partial charge in [0.15, 0.2) is 0 Å². The molecule has 1 N–H and O–H groups in total. The Balaban J connectivity index is 1.30. The third kappa shape index (κ3) is 5.99. The van der Waals surface area contributed by atoms with E-state index in [-0.39, 0.29) is 77.0 Å². The average molecular weight is 635 g/mol. The number of carboxylic acids is 1. The standard InChI is InChI=1S/C33H23F5N4O4/c34-23-8-17(13-39)4-5-19(23)14-46-31-3-1-2-26(41-31)21-12-24(35)20(9-25(21)36)11-30-40-27-7-6-18(33(43)44)10-28(27)42(30)29-16-45-15-22(29)32(37)38/h1-10,12,22,29,32H,11,14-16H2,(H,43,44)/t22?,29-/m0/s1. The van der Waals surface area contributed by atoms with E-state index in [2.05, 4.69) is 9.97 Å². The Hall–Kier alpha value is -5.35. The highest BCUT2D eigenvalue weighted by Gasteiger charge is 2.38. The molecule has 3 heterocycles. The van der Waals surface area contributed by atoms with Crippen molar-refractivity contribution in [3.63, 3.8) is 0 Å². The molecular weight excluding hydrogens is 611 g/mol. The van der Waals surface area contributed by atoms with Crippen LogP contribution in [0.2, 0.25) is 0 Å². The van der Waals surface area contributed by atoms with Crippen molar-refractivity contribution in [1.82, 2.24) is 14.5 Å². The Bertz CT molecular complexity index is 2010. The fraction of sp³-hybridized carbons (Fsp3) is 0.212. The summed E-state index contributed by atoms with van der Waals surface area (Å²) in [5, 5.41) is 18.4. The molecule has 1 fully saturated rings. The lowest BCUT2D eigenvalue weighted by atomic mass is 10.0. The number of carboxylic acid groups (broad SMARTS) is 1. The number of benzene rings is 3. The molecule has 0 amide bonds. The number of nitriles is 1. The maximum absolute atomic E-state index is 15.6. The average Bonchev–Trinajstić information content (AvgIpc) is 3.66.